The topological polar surface area (TPSA) is 30.5 Å². The van der Waals surface area contributed by atoms with E-state index in [0.717, 1.165) is 30.0 Å². The first-order valence-electron chi connectivity index (χ1n) is 7.97. The molecule has 120 valence electrons. The lowest BCUT2D eigenvalue weighted by Gasteiger charge is -2.13. The van der Waals surface area contributed by atoms with E-state index in [0.29, 0.717) is 6.79 Å². The van der Waals surface area contributed by atoms with Crippen LogP contribution in [0.5, 0.6) is 11.5 Å². The number of fused-ring (bicyclic) bond motifs is 1. The quantitative estimate of drug-likeness (QED) is 0.853. The van der Waals surface area contributed by atoms with E-state index in [1.165, 1.54) is 5.56 Å². The molecule has 0 aliphatic carbocycles. The fourth-order valence-electron chi connectivity index (χ4n) is 2.33. The van der Waals surface area contributed by atoms with E-state index in [2.05, 4.69) is 23.4 Å². The van der Waals surface area contributed by atoms with Crippen molar-refractivity contribution < 1.29 is 9.47 Å². The average Bonchev–Trinajstić information content (AvgIpc) is 3.09. The van der Waals surface area contributed by atoms with Crippen LogP contribution >= 0.6 is 0 Å². The van der Waals surface area contributed by atoms with Crippen molar-refractivity contribution in [3.05, 3.63) is 59.7 Å². The molecule has 0 saturated carbocycles. The average molecular weight is 309 g/mol. The lowest BCUT2D eigenvalue weighted by atomic mass is 10.1. The largest absolute Gasteiger partial charge is 0.454 e. The Balaban J connectivity index is 0.000000924. The second-order valence-electron chi connectivity index (χ2n) is 4.98. The molecule has 2 aromatic rings. The molecule has 3 heteroatoms. The van der Waals surface area contributed by atoms with Gasteiger partial charge >= 0.3 is 0 Å². The normalized spacial score (nSPS) is 12.7. The Hall–Kier alpha value is -2.44. The van der Waals surface area contributed by atoms with E-state index in [-0.39, 0.29) is 6.04 Å². The van der Waals surface area contributed by atoms with Crippen LogP contribution < -0.4 is 14.8 Å². The Kier molecular flexibility index (Phi) is 6.53. The predicted octanol–water partition coefficient (Wildman–Crippen LogP) is 3.78. The van der Waals surface area contributed by atoms with Crippen molar-refractivity contribution >= 4 is 0 Å². The Morgan fingerprint density at radius 3 is 2.52 bits per heavy atom. The van der Waals surface area contributed by atoms with Gasteiger partial charge in [-0.15, -0.1) is 6.42 Å². The summed E-state index contributed by atoms with van der Waals surface area (Å²) in [5.74, 6) is 4.40. The Bertz CT molecular complexity index is 646. The number of terminal acetylenes is 1. The minimum absolute atomic E-state index is 0.00872. The molecule has 0 fully saturated rings. The molecule has 0 radical (unpaired) electrons. The summed E-state index contributed by atoms with van der Waals surface area (Å²) in [7, 11) is 0. The van der Waals surface area contributed by atoms with Crippen LogP contribution in [0.4, 0.5) is 0 Å². The molecule has 1 atom stereocenters. The summed E-state index contributed by atoms with van der Waals surface area (Å²) in [4.78, 5) is 0. The maximum Gasteiger partial charge on any atom is 0.231 e. The highest BCUT2D eigenvalue weighted by Crippen LogP contribution is 2.32. The fraction of sp³-hybridized carbons (Fsp3) is 0.300. The molecule has 1 N–H and O–H groups in total. The van der Waals surface area contributed by atoms with Gasteiger partial charge in [0.15, 0.2) is 11.5 Å². The molecule has 3 rings (SSSR count). The second kappa shape index (κ2) is 8.87. The molecule has 0 bridgehead atoms. The summed E-state index contributed by atoms with van der Waals surface area (Å²) in [6.07, 6.45) is 6.39. The molecule has 0 amide bonds. The van der Waals surface area contributed by atoms with Crippen LogP contribution in [0.15, 0.2) is 48.5 Å². The van der Waals surface area contributed by atoms with Gasteiger partial charge in [-0.3, -0.25) is 5.32 Å². The first kappa shape index (κ1) is 16.9. The number of benzene rings is 2. The van der Waals surface area contributed by atoms with Crippen molar-refractivity contribution in [1.29, 1.82) is 0 Å². The second-order valence-corrected chi connectivity index (χ2v) is 4.98. The first-order valence-corrected chi connectivity index (χ1v) is 7.97. The smallest absolute Gasteiger partial charge is 0.231 e. The third-order valence-electron chi connectivity index (χ3n) is 3.47. The first-order chi connectivity index (χ1) is 11.3. The van der Waals surface area contributed by atoms with Gasteiger partial charge in [0.25, 0.3) is 0 Å². The van der Waals surface area contributed by atoms with E-state index in [1.54, 1.807) is 0 Å². The third-order valence-corrected chi connectivity index (χ3v) is 3.47. The number of ether oxygens (including phenoxy) is 2. The summed E-state index contributed by atoms with van der Waals surface area (Å²) in [6.45, 7) is 5.06. The van der Waals surface area contributed by atoms with Crippen LogP contribution in [0, 0.1) is 12.3 Å². The van der Waals surface area contributed by atoms with Crippen molar-refractivity contribution in [3.63, 3.8) is 0 Å². The van der Waals surface area contributed by atoms with Crippen LogP contribution in [0.2, 0.25) is 0 Å². The van der Waals surface area contributed by atoms with Gasteiger partial charge in [0.05, 0.1) is 6.04 Å². The van der Waals surface area contributed by atoms with Gasteiger partial charge in [-0.05, 0) is 29.7 Å². The fourth-order valence-corrected chi connectivity index (χ4v) is 2.33. The van der Waals surface area contributed by atoms with Gasteiger partial charge < -0.3 is 9.47 Å². The SMILES string of the molecule is C#CC(Cc1ccc2c(c1)OCO2)NCc1ccccc1.CC. The maximum atomic E-state index is 5.63. The summed E-state index contributed by atoms with van der Waals surface area (Å²) in [5.41, 5.74) is 2.37. The molecule has 2 aromatic carbocycles. The van der Waals surface area contributed by atoms with Crippen molar-refractivity contribution in [2.45, 2.75) is 32.9 Å². The Labute approximate surface area is 138 Å². The van der Waals surface area contributed by atoms with E-state index < -0.39 is 0 Å². The molecule has 1 unspecified atom stereocenters. The van der Waals surface area contributed by atoms with Gasteiger partial charge in [-0.2, -0.15) is 0 Å². The van der Waals surface area contributed by atoms with Gasteiger partial charge in [0.2, 0.25) is 6.79 Å². The zero-order valence-corrected chi connectivity index (χ0v) is 13.7. The highest BCUT2D eigenvalue weighted by Gasteiger charge is 2.14. The van der Waals surface area contributed by atoms with Crippen LogP contribution in [0.1, 0.15) is 25.0 Å². The molecule has 1 aliphatic heterocycles. The van der Waals surface area contributed by atoms with E-state index in [1.807, 2.05) is 50.2 Å². The van der Waals surface area contributed by atoms with Crippen LogP contribution in [-0.2, 0) is 13.0 Å². The minimum Gasteiger partial charge on any atom is -0.454 e. The van der Waals surface area contributed by atoms with Crippen LogP contribution in [-0.4, -0.2) is 12.8 Å². The highest BCUT2D eigenvalue weighted by atomic mass is 16.7. The number of hydrogen-bond donors (Lipinski definition) is 1. The predicted molar refractivity (Wildman–Crippen MR) is 93.5 cm³/mol. The molecular weight excluding hydrogens is 286 g/mol. The molecule has 0 aromatic heterocycles. The van der Waals surface area contributed by atoms with E-state index >= 15 is 0 Å². The van der Waals surface area contributed by atoms with Gasteiger partial charge in [-0.1, -0.05) is 56.2 Å². The zero-order valence-electron chi connectivity index (χ0n) is 13.7. The number of rotatable bonds is 5. The summed E-state index contributed by atoms with van der Waals surface area (Å²) in [6, 6.07) is 16.2. The number of nitrogens with one attached hydrogen (secondary N) is 1. The third kappa shape index (κ3) is 4.77. The van der Waals surface area contributed by atoms with Gasteiger partial charge in [0.1, 0.15) is 0 Å². The van der Waals surface area contributed by atoms with Crippen molar-refractivity contribution in [1.82, 2.24) is 5.32 Å². The lowest BCUT2D eigenvalue weighted by molar-refractivity contribution is 0.174. The van der Waals surface area contributed by atoms with Crippen molar-refractivity contribution in [3.8, 4) is 23.8 Å². The Morgan fingerprint density at radius 1 is 1.04 bits per heavy atom. The standard InChI is InChI=1S/C18H17NO2.C2H6/c1-2-16(19-12-14-6-4-3-5-7-14)10-15-8-9-17-18(11-15)21-13-20-17;1-2/h1,3-9,11,16,19H,10,12-13H2;1-2H3. The maximum absolute atomic E-state index is 5.63. The number of hydrogen-bond acceptors (Lipinski definition) is 3. The lowest BCUT2D eigenvalue weighted by Crippen LogP contribution is -2.29. The van der Waals surface area contributed by atoms with E-state index in [4.69, 9.17) is 15.9 Å². The molecule has 1 aliphatic rings. The molecule has 23 heavy (non-hydrogen) atoms. The zero-order chi connectivity index (χ0) is 16.5. The van der Waals surface area contributed by atoms with Crippen LogP contribution in [0.25, 0.3) is 0 Å². The monoisotopic (exact) mass is 309 g/mol. The molecule has 0 saturated heterocycles. The molecule has 3 nitrogen and oxygen atoms in total. The van der Waals surface area contributed by atoms with Gasteiger partial charge in [-0.25, -0.2) is 0 Å². The summed E-state index contributed by atoms with van der Waals surface area (Å²) in [5, 5.41) is 3.39. The van der Waals surface area contributed by atoms with Crippen LogP contribution in [0.3, 0.4) is 0 Å². The van der Waals surface area contributed by atoms with Crippen molar-refractivity contribution in [2.24, 2.45) is 0 Å². The van der Waals surface area contributed by atoms with Gasteiger partial charge in [0, 0.05) is 6.54 Å². The molecule has 0 spiro atoms. The summed E-state index contributed by atoms with van der Waals surface area (Å²) < 4.78 is 10.7. The highest BCUT2D eigenvalue weighted by molar-refractivity contribution is 5.44. The summed E-state index contributed by atoms with van der Waals surface area (Å²) >= 11 is 0. The van der Waals surface area contributed by atoms with E-state index in [9.17, 15) is 0 Å². The minimum atomic E-state index is -0.00872. The molecule has 1 heterocycles. The Morgan fingerprint density at radius 2 is 1.78 bits per heavy atom. The van der Waals surface area contributed by atoms with Crippen molar-refractivity contribution in [2.75, 3.05) is 6.79 Å². The molecular formula is C20H23NO2.